The maximum absolute atomic E-state index is 13.8. The monoisotopic (exact) mass is 459 g/mol. The minimum Gasteiger partial charge on any atom is -0.449 e. The lowest BCUT2D eigenvalue weighted by atomic mass is 9.79. The summed E-state index contributed by atoms with van der Waals surface area (Å²) in [5.41, 5.74) is 1.38. The molecular weight excluding hydrogens is 430 g/mol. The molecule has 1 aliphatic heterocycles. The fraction of sp³-hybridized carbons (Fsp3) is 0.500. The Balaban J connectivity index is 1.75. The van der Waals surface area contributed by atoms with Gasteiger partial charge >= 0.3 is 6.16 Å². The van der Waals surface area contributed by atoms with Crippen LogP contribution in [-0.4, -0.2) is 47.6 Å². The molecule has 0 spiro atoms. The van der Waals surface area contributed by atoms with Crippen LogP contribution >= 0.6 is 11.3 Å². The number of hydrogen-bond donors (Lipinski definition) is 2. The molecule has 4 rings (SSSR count). The first-order valence-electron chi connectivity index (χ1n) is 11.1. The minimum atomic E-state index is -1.42. The first-order valence-corrected chi connectivity index (χ1v) is 11.9. The molecule has 1 aromatic heterocycles. The topological polar surface area (TPSA) is 96.3 Å². The van der Waals surface area contributed by atoms with E-state index in [9.17, 15) is 19.8 Å². The van der Waals surface area contributed by atoms with Crippen LogP contribution in [0.2, 0.25) is 0 Å². The van der Waals surface area contributed by atoms with E-state index in [1.54, 1.807) is 4.90 Å². The molecule has 1 saturated heterocycles. The van der Waals surface area contributed by atoms with Crippen molar-refractivity contribution in [1.82, 2.24) is 0 Å². The van der Waals surface area contributed by atoms with Crippen LogP contribution in [-0.2, 0) is 9.53 Å². The van der Waals surface area contributed by atoms with Crippen molar-refractivity contribution >= 4 is 29.1 Å². The van der Waals surface area contributed by atoms with Gasteiger partial charge in [-0.25, -0.2) is 4.79 Å². The van der Waals surface area contributed by atoms with Crippen LogP contribution in [0.3, 0.4) is 0 Å². The summed E-state index contributed by atoms with van der Waals surface area (Å²) in [6, 6.07) is 11.3. The van der Waals surface area contributed by atoms with Gasteiger partial charge in [0.25, 0.3) is 0 Å². The molecule has 8 heteroatoms. The van der Waals surface area contributed by atoms with Gasteiger partial charge in [-0.2, -0.15) is 0 Å². The zero-order valence-electron chi connectivity index (χ0n) is 18.1. The van der Waals surface area contributed by atoms with E-state index >= 15 is 0 Å². The molecule has 1 saturated carbocycles. The van der Waals surface area contributed by atoms with Crippen molar-refractivity contribution in [2.24, 2.45) is 11.8 Å². The second-order valence-electron chi connectivity index (χ2n) is 8.66. The predicted octanol–water partition coefficient (Wildman–Crippen LogP) is 4.78. The van der Waals surface area contributed by atoms with Crippen molar-refractivity contribution in [1.29, 1.82) is 0 Å². The largest absolute Gasteiger partial charge is 0.512 e. The van der Waals surface area contributed by atoms with Gasteiger partial charge in [-0.05, 0) is 49.7 Å². The summed E-state index contributed by atoms with van der Waals surface area (Å²) in [5.74, 6) is -0.293. The Labute approximate surface area is 191 Å². The van der Waals surface area contributed by atoms with Crippen LogP contribution in [0.1, 0.15) is 39.0 Å². The molecule has 1 aromatic carbocycles. The number of aliphatic hydroxyl groups excluding tert-OH is 1. The summed E-state index contributed by atoms with van der Waals surface area (Å²) in [5, 5.41) is 20.2. The molecule has 2 heterocycles. The number of benzene rings is 1. The summed E-state index contributed by atoms with van der Waals surface area (Å²) in [4.78, 5) is 27.8. The first-order chi connectivity index (χ1) is 15.4. The summed E-state index contributed by atoms with van der Waals surface area (Å²) >= 11 is 1.21. The van der Waals surface area contributed by atoms with E-state index in [2.05, 4.69) is 6.92 Å². The van der Waals surface area contributed by atoms with E-state index in [0.717, 1.165) is 16.9 Å². The Bertz CT molecular complexity index is 939. The average Bonchev–Trinajstić information content (AvgIpc) is 3.18. The highest BCUT2D eigenvalue weighted by molar-refractivity contribution is 7.18. The number of hydrogen-bond acceptors (Lipinski definition) is 6. The number of carbonyl (C=O) groups is 2. The number of carbonyl (C=O) groups excluding carboxylic acids is 1. The SMILES string of the molecule is CC1CCC(C(=O)N(c2cc(-c3ccccc3)sc2OC(=O)O)C2CCOCC2)C(O)C1. The normalized spacial score (nSPS) is 24.1. The molecule has 1 aliphatic carbocycles. The Hall–Kier alpha value is -2.42. The zero-order valence-corrected chi connectivity index (χ0v) is 18.9. The van der Waals surface area contributed by atoms with Gasteiger partial charge in [-0.3, -0.25) is 4.79 Å². The van der Waals surface area contributed by atoms with E-state index in [1.165, 1.54) is 11.3 Å². The number of anilines is 1. The van der Waals surface area contributed by atoms with Crippen molar-refractivity contribution in [3.63, 3.8) is 0 Å². The lowest BCUT2D eigenvalue weighted by Crippen LogP contribution is -2.50. The van der Waals surface area contributed by atoms with Gasteiger partial charge in [0.2, 0.25) is 11.0 Å². The van der Waals surface area contributed by atoms with Crippen molar-refractivity contribution in [3.8, 4) is 15.5 Å². The van der Waals surface area contributed by atoms with E-state index in [0.29, 0.717) is 50.5 Å². The molecule has 2 aliphatic rings. The smallest absolute Gasteiger partial charge is 0.449 e. The molecule has 172 valence electrons. The third kappa shape index (κ3) is 4.98. The molecule has 3 atom stereocenters. The summed E-state index contributed by atoms with van der Waals surface area (Å²) in [6.07, 6.45) is 1.26. The Morgan fingerprint density at radius 3 is 2.50 bits per heavy atom. The summed E-state index contributed by atoms with van der Waals surface area (Å²) in [6.45, 7) is 3.15. The van der Waals surface area contributed by atoms with Crippen molar-refractivity contribution in [2.45, 2.75) is 51.2 Å². The fourth-order valence-electron chi connectivity index (χ4n) is 4.69. The molecular formula is C24H29NO6S. The quantitative estimate of drug-likeness (QED) is 0.625. The van der Waals surface area contributed by atoms with Crippen molar-refractivity contribution in [3.05, 3.63) is 36.4 Å². The van der Waals surface area contributed by atoms with Gasteiger partial charge < -0.3 is 24.6 Å². The maximum Gasteiger partial charge on any atom is 0.512 e. The van der Waals surface area contributed by atoms with Gasteiger partial charge in [0, 0.05) is 24.1 Å². The highest BCUT2D eigenvalue weighted by atomic mass is 32.1. The van der Waals surface area contributed by atoms with Crippen LogP contribution in [0.25, 0.3) is 10.4 Å². The summed E-state index contributed by atoms with van der Waals surface area (Å²) < 4.78 is 10.7. The van der Waals surface area contributed by atoms with E-state index in [4.69, 9.17) is 9.47 Å². The van der Waals surface area contributed by atoms with Crippen molar-refractivity contribution in [2.75, 3.05) is 18.1 Å². The second kappa shape index (κ2) is 10.0. The lowest BCUT2D eigenvalue weighted by Gasteiger charge is -2.39. The number of thiophene rings is 1. The molecule has 2 fully saturated rings. The van der Waals surface area contributed by atoms with Crippen LogP contribution in [0.15, 0.2) is 36.4 Å². The minimum absolute atomic E-state index is 0.142. The number of rotatable bonds is 5. The Morgan fingerprint density at radius 2 is 1.84 bits per heavy atom. The second-order valence-corrected chi connectivity index (χ2v) is 9.68. The van der Waals surface area contributed by atoms with Crippen molar-refractivity contribution < 1.29 is 29.3 Å². The van der Waals surface area contributed by atoms with E-state index in [-0.39, 0.29) is 17.0 Å². The predicted molar refractivity (Wildman–Crippen MR) is 122 cm³/mol. The fourth-order valence-corrected chi connectivity index (χ4v) is 5.68. The standard InChI is InChI=1S/C24H29NO6S/c1-15-7-8-18(20(26)13-15)22(27)25(17-9-11-30-12-10-17)19-14-21(16-5-3-2-4-6-16)32-23(19)31-24(28)29/h2-6,14-15,17-18,20,26H,7-13H2,1H3,(H,28,29). The number of ether oxygens (including phenoxy) is 2. The highest BCUT2D eigenvalue weighted by Gasteiger charge is 2.40. The maximum atomic E-state index is 13.8. The first kappa shape index (κ1) is 22.8. The van der Waals surface area contributed by atoms with Crippen LogP contribution in [0, 0.1) is 11.8 Å². The lowest BCUT2D eigenvalue weighted by molar-refractivity contribution is -0.129. The van der Waals surface area contributed by atoms with Crippen LogP contribution in [0.5, 0.6) is 5.06 Å². The molecule has 0 bridgehead atoms. The molecule has 7 nitrogen and oxygen atoms in total. The summed E-state index contributed by atoms with van der Waals surface area (Å²) in [7, 11) is 0. The molecule has 0 radical (unpaired) electrons. The number of carboxylic acid groups (broad SMARTS) is 1. The molecule has 32 heavy (non-hydrogen) atoms. The third-order valence-electron chi connectivity index (χ3n) is 6.37. The molecule has 2 aromatic rings. The number of amides is 1. The Kier molecular flexibility index (Phi) is 7.13. The highest BCUT2D eigenvalue weighted by Crippen LogP contribution is 2.45. The van der Waals surface area contributed by atoms with Crippen LogP contribution in [0.4, 0.5) is 10.5 Å². The zero-order chi connectivity index (χ0) is 22.7. The van der Waals surface area contributed by atoms with Gasteiger partial charge in [0.05, 0.1) is 17.7 Å². The number of aliphatic hydroxyl groups is 1. The third-order valence-corrected chi connectivity index (χ3v) is 7.42. The Morgan fingerprint density at radius 1 is 1.12 bits per heavy atom. The molecule has 3 unspecified atom stereocenters. The average molecular weight is 460 g/mol. The van der Waals surface area contributed by atoms with Crippen LogP contribution < -0.4 is 9.64 Å². The van der Waals surface area contributed by atoms with Gasteiger partial charge in [0.1, 0.15) is 0 Å². The van der Waals surface area contributed by atoms with Gasteiger partial charge in [-0.15, -0.1) is 0 Å². The molecule has 2 N–H and O–H groups in total. The van der Waals surface area contributed by atoms with Gasteiger partial charge in [0.15, 0.2) is 0 Å². The van der Waals surface area contributed by atoms with E-state index in [1.807, 2.05) is 36.4 Å². The molecule has 1 amide bonds. The van der Waals surface area contributed by atoms with Gasteiger partial charge in [-0.1, -0.05) is 48.6 Å². The number of nitrogens with zero attached hydrogens (tertiary/aromatic N) is 1. The van der Waals surface area contributed by atoms with E-state index < -0.39 is 18.2 Å².